The van der Waals surface area contributed by atoms with E-state index in [1.165, 1.54) is 29.3 Å². The number of rotatable bonds is 3. The van der Waals surface area contributed by atoms with Gasteiger partial charge in [0.05, 0.1) is 0 Å². The first-order chi connectivity index (χ1) is 6.25. The van der Waals surface area contributed by atoms with Crippen molar-refractivity contribution in [2.45, 2.75) is 26.2 Å². The fourth-order valence-electron chi connectivity index (χ4n) is 1.80. The molecular weight excluding hydrogens is 224 g/mol. The maximum atomic E-state index is 3.45. The van der Waals surface area contributed by atoms with Crippen LogP contribution in [0.4, 0.5) is 0 Å². The minimum absolute atomic E-state index is 0.996. The lowest BCUT2D eigenvalue weighted by atomic mass is 10.1. The van der Waals surface area contributed by atoms with Crippen molar-refractivity contribution in [3.63, 3.8) is 0 Å². The molecule has 0 radical (unpaired) electrons. The van der Waals surface area contributed by atoms with Crippen molar-refractivity contribution in [2.24, 2.45) is 11.8 Å². The summed E-state index contributed by atoms with van der Waals surface area (Å²) >= 11 is 3.45. The summed E-state index contributed by atoms with van der Waals surface area (Å²) in [7, 11) is 0. The molecule has 1 heteroatoms. The van der Waals surface area contributed by atoms with E-state index < -0.39 is 0 Å². The number of aryl methyl sites for hydroxylation is 1. The molecule has 2 unspecified atom stereocenters. The van der Waals surface area contributed by atoms with Gasteiger partial charge in [-0.1, -0.05) is 35.0 Å². The van der Waals surface area contributed by atoms with Gasteiger partial charge < -0.3 is 0 Å². The first-order valence-electron chi connectivity index (χ1n) is 5.00. The van der Waals surface area contributed by atoms with Crippen LogP contribution in [0.1, 0.15) is 25.3 Å². The van der Waals surface area contributed by atoms with Gasteiger partial charge in [0.15, 0.2) is 0 Å². The third-order valence-electron chi connectivity index (χ3n) is 2.99. The number of halogens is 1. The molecule has 1 aliphatic rings. The van der Waals surface area contributed by atoms with Gasteiger partial charge in [-0.3, -0.25) is 0 Å². The summed E-state index contributed by atoms with van der Waals surface area (Å²) in [6.07, 6.45) is 4.08. The molecule has 0 N–H and O–H groups in total. The molecule has 13 heavy (non-hydrogen) atoms. The second kappa shape index (κ2) is 3.83. The van der Waals surface area contributed by atoms with E-state index in [1.807, 2.05) is 0 Å². The van der Waals surface area contributed by atoms with Crippen molar-refractivity contribution in [3.05, 3.63) is 34.3 Å². The molecule has 0 aliphatic heterocycles. The quantitative estimate of drug-likeness (QED) is 0.746. The Kier molecular flexibility index (Phi) is 2.73. The van der Waals surface area contributed by atoms with E-state index in [0.29, 0.717) is 0 Å². The molecule has 1 aromatic rings. The monoisotopic (exact) mass is 238 g/mol. The van der Waals surface area contributed by atoms with Gasteiger partial charge in [-0.25, -0.2) is 0 Å². The zero-order valence-corrected chi connectivity index (χ0v) is 9.55. The normalized spacial score (nSPS) is 26.0. The molecule has 0 aromatic heterocycles. The van der Waals surface area contributed by atoms with Crippen molar-refractivity contribution in [3.8, 4) is 0 Å². The van der Waals surface area contributed by atoms with E-state index >= 15 is 0 Å². The summed E-state index contributed by atoms with van der Waals surface area (Å²) in [5.41, 5.74) is 1.47. The number of hydrogen-bond donors (Lipinski definition) is 0. The summed E-state index contributed by atoms with van der Waals surface area (Å²) in [4.78, 5) is 0. The lowest BCUT2D eigenvalue weighted by Crippen LogP contribution is -1.87. The predicted molar refractivity (Wildman–Crippen MR) is 59.7 cm³/mol. The molecule has 0 nitrogen and oxygen atoms in total. The highest BCUT2D eigenvalue weighted by Gasteiger charge is 2.31. The molecule has 0 amide bonds. The SMILES string of the molecule is CC1CC1CCc1ccc(Br)cc1. The van der Waals surface area contributed by atoms with E-state index in [-0.39, 0.29) is 0 Å². The summed E-state index contributed by atoms with van der Waals surface area (Å²) in [6, 6.07) is 8.70. The number of hydrogen-bond acceptors (Lipinski definition) is 0. The Morgan fingerprint density at radius 1 is 1.31 bits per heavy atom. The molecule has 1 aliphatic carbocycles. The molecule has 2 atom stereocenters. The Morgan fingerprint density at radius 2 is 1.92 bits per heavy atom. The van der Waals surface area contributed by atoms with E-state index in [0.717, 1.165) is 11.8 Å². The molecule has 1 fully saturated rings. The van der Waals surface area contributed by atoms with Crippen LogP contribution >= 0.6 is 15.9 Å². The Hall–Kier alpha value is -0.300. The molecule has 2 rings (SSSR count). The van der Waals surface area contributed by atoms with Gasteiger partial charge in [-0.15, -0.1) is 0 Å². The highest BCUT2D eigenvalue weighted by atomic mass is 79.9. The van der Waals surface area contributed by atoms with E-state index in [1.54, 1.807) is 0 Å². The van der Waals surface area contributed by atoms with Crippen LogP contribution in [0.25, 0.3) is 0 Å². The van der Waals surface area contributed by atoms with Crippen LogP contribution in [-0.2, 0) is 6.42 Å². The highest BCUT2D eigenvalue weighted by Crippen LogP contribution is 2.41. The van der Waals surface area contributed by atoms with E-state index in [4.69, 9.17) is 0 Å². The molecule has 0 bridgehead atoms. The summed E-state index contributed by atoms with van der Waals surface area (Å²) < 4.78 is 1.18. The Balaban J connectivity index is 1.84. The number of benzene rings is 1. The topological polar surface area (TPSA) is 0 Å². The van der Waals surface area contributed by atoms with Gasteiger partial charge in [0.1, 0.15) is 0 Å². The first-order valence-corrected chi connectivity index (χ1v) is 5.79. The Labute approximate surface area is 88.5 Å². The third-order valence-corrected chi connectivity index (χ3v) is 3.52. The maximum Gasteiger partial charge on any atom is 0.0175 e. The van der Waals surface area contributed by atoms with Gasteiger partial charge in [0.25, 0.3) is 0 Å². The Bertz CT molecular complexity index is 276. The van der Waals surface area contributed by atoms with Gasteiger partial charge in [0, 0.05) is 4.47 Å². The first kappa shape index (κ1) is 9.26. The molecule has 70 valence electrons. The van der Waals surface area contributed by atoms with Crippen molar-refractivity contribution >= 4 is 15.9 Å². The summed E-state index contributed by atoms with van der Waals surface area (Å²) in [5.74, 6) is 2.01. The van der Waals surface area contributed by atoms with Crippen LogP contribution in [0.3, 0.4) is 0 Å². The van der Waals surface area contributed by atoms with E-state index in [2.05, 4.69) is 47.1 Å². The average Bonchev–Trinajstić information content (AvgIpc) is 2.81. The predicted octanol–water partition coefficient (Wildman–Crippen LogP) is 4.04. The smallest absolute Gasteiger partial charge is 0.0175 e. The second-order valence-corrected chi connectivity index (χ2v) is 5.05. The van der Waals surface area contributed by atoms with Crippen molar-refractivity contribution in [2.75, 3.05) is 0 Å². The van der Waals surface area contributed by atoms with Crippen LogP contribution in [0.15, 0.2) is 28.7 Å². The molecule has 1 saturated carbocycles. The van der Waals surface area contributed by atoms with Crippen LogP contribution in [0.2, 0.25) is 0 Å². The van der Waals surface area contributed by atoms with Crippen LogP contribution < -0.4 is 0 Å². The van der Waals surface area contributed by atoms with Gasteiger partial charge in [-0.05, 0) is 48.8 Å². The second-order valence-electron chi connectivity index (χ2n) is 4.14. The summed E-state index contributed by atoms with van der Waals surface area (Å²) in [6.45, 7) is 2.35. The highest BCUT2D eigenvalue weighted by molar-refractivity contribution is 9.10. The van der Waals surface area contributed by atoms with Gasteiger partial charge in [0.2, 0.25) is 0 Å². The van der Waals surface area contributed by atoms with Crippen molar-refractivity contribution < 1.29 is 0 Å². The standard InChI is InChI=1S/C12H15Br/c1-9-8-11(9)5-2-10-3-6-12(13)7-4-10/h3-4,6-7,9,11H,2,5,8H2,1H3. The van der Waals surface area contributed by atoms with Crippen LogP contribution in [0, 0.1) is 11.8 Å². The summed E-state index contributed by atoms with van der Waals surface area (Å²) in [5, 5.41) is 0. The van der Waals surface area contributed by atoms with Gasteiger partial charge >= 0.3 is 0 Å². The van der Waals surface area contributed by atoms with Crippen molar-refractivity contribution in [1.29, 1.82) is 0 Å². The molecule has 0 saturated heterocycles. The van der Waals surface area contributed by atoms with E-state index in [9.17, 15) is 0 Å². The fraction of sp³-hybridized carbons (Fsp3) is 0.500. The Morgan fingerprint density at radius 3 is 2.46 bits per heavy atom. The minimum atomic E-state index is 0.996. The molecule has 0 spiro atoms. The van der Waals surface area contributed by atoms with Crippen molar-refractivity contribution in [1.82, 2.24) is 0 Å². The molecule has 1 aromatic carbocycles. The fourth-order valence-corrected chi connectivity index (χ4v) is 2.07. The molecule has 0 heterocycles. The zero-order chi connectivity index (χ0) is 9.26. The third kappa shape index (κ3) is 2.57. The molecular formula is C12H15Br. The lowest BCUT2D eigenvalue weighted by Gasteiger charge is -2.00. The maximum absolute atomic E-state index is 3.45. The van der Waals surface area contributed by atoms with Crippen LogP contribution in [0.5, 0.6) is 0 Å². The van der Waals surface area contributed by atoms with Gasteiger partial charge in [-0.2, -0.15) is 0 Å². The average molecular weight is 239 g/mol. The zero-order valence-electron chi connectivity index (χ0n) is 7.96. The lowest BCUT2D eigenvalue weighted by molar-refractivity contribution is 0.673. The largest absolute Gasteiger partial charge is 0.0622 e. The van der Waals surface area contributed by atoms with Crippen LogP contribution in [-0.4, -0.2) is 0 Å². The minimum Gasteiger partial charge on any atom is -0.0622 e.